The summed E-state index contributed by atoms with van der Waals surface area (Å²) in [7, 11) is 0. The van der Waals surface area contributed by atoms with Crippen LogP contribution in [0, 0.1) is 5.92 Å². The van der Waals surface area contributed by atoms with Crippen molar-refractivity contribution < 1.29 is 0 Å². The Balaban J connectivity index is 2.13. The van der Waals surface area contributed by atoms with Crippen LogP contribution < -0.4 is 5.32 Å². The lowest BCUT2D eigenvalue weighted by Crippen LogP contribution is -2.57. The zero-order chi connectivity index (χ0) is 15.4. The molecule has 118 valence electrons. The monoisotopic (exact) mass is 328 g/mol. The van der Waals surface area contributed by atoms with E-state index in [0.717, 1.165) is 35.2 Å². The summed E-state index contributed by atoms with van der Waals surface area (Å²) < 4.78 is 0. The lowest BCUT2D eigenvalue weighted by molar-refractivity contribution is 0.0998. The molecule has 0 aliphatic carbocycles. The van der Waals surface area contributed by atoms with E-state index >= 15 is 0 Å². The zero-order valence-corrected chi connectivity index (χ0v) is 14.7. The van der Waals surface area contributed by atoms with Gasteiger partial charge in [0.2, 0.25) is 0 Å². The van der Waals surface area contributed by atoms with Gasteiger partial charge < -0.3 is 5.32 Å². The summed E-state index contributed by atoms with van der Waals surface area (Å²) in [6.45, 7) is 9.83. The summed E-state index contributed by atoms with van der Waals surface area (Å²) in [5.74, 6) is 0.643. The maximum absolute atomic E-state index is 6.34. The van der Waals surface area contributed by atoms with Gasteiger partial charge in [-0.25, -0.2) is 0 Å². The van der Waals surface area contributed by atoms with E-state index in [0.29, 0.717) is 18.0 Å². The quantitative estimate of drug-likeness (QED) is 0.850. The molecule has 1 aromatic rings. The van der Waals surface area contributed by atoms with Crippen molar-refractivity contribution in [3.05, 3.63) is 33.8 Å². The van der Waals surface area contributed by atoms with Gasteiger partial charge in [-0.3, -0.25) is 4.90 Å². The number of hydrogen-bond donors (Lipinski definition) is 1. The first-order valence-electron chi connectivity index (χ1n) is 7.92. The molecule has 21 heavy (non-hydrogen) atoms. The van der Waals surface area contributed by atoms with Gasteiger partial charge in [0.1, 0.15) is 0 Å². The molecule has 1 heterocycles. The Bertz CT molecular complexity index is 462. The molecule has 1 saturated heterocycles. The molecule has 1 aliphatic heterocycles. The van der Waals surface area contributed by atoms with Gasteiger partial charge in [0.15, 0.2) is 0 Å². The average Bonchev–Trinajstić information content (AvgIpc) is 2.44. The first-order valence-corrected chi connectivity index (χ1v) is 8.68. The Kier molecular flexibility index (Phi) is 6.36. The largest absolute Gasteiger partial charge is 0.311 e. The number of rotatable bonds is 5. The maximum atomic E-state index is 6.34. The average molecular weight is 329 g/mol. The van der Waals surface area contributed by atoms with Crippen LogP contribution in [0.5, 0.6) is 0 Å². The SMILES string of the molecule is CCCC1CNC(C(C)C)CN1Cc1cc(Cl)ccc1Cl. The van der Waals surface area contributed by atoms with E-state index in [9.17, 15) is 0 Å². The lowest BCUT2D eigenvalue weighted by Gasteiger charge is -2.42. The highest BCUT2D eigenvalue weighted by Crippen LogP contribution is 2.25. The second-order valence-electron chi connectivity index (χ2n) is 6.37. The van der Waals surface area contributed by atoms with Crippen LogP contribution >= 0.6 is 23.2 Å². The fourth-order valence-corrected chi connectivity index (χ4v) is 3.40. The van der Waals surface area contributed by atoms with Gasteiger partial charge in [0.05, 0.1) is 0 Å². The number of benzene rings is 1. The van der Waals surface area contributed by atoms with E-state index in [2.05, 4.69) is 31.0 Å². The van der Waals surface area contributed by atoms with Gasteiger partial charge in [0.25, 0.3) is 0 Å². The highest BCUT2D eigenvalue weighted by Gasteiger charge is 2.29. The Morgan fingerprint density at radius 2 is 2.10 bits per heavy atom. The number of halogens is 2. The summed E-state index contributed by atoms with van der Waals surface area (Å²) in [6, 6.07) is 6.89. The second kappa shape index (κ2) is 7.82. The van der Waals surface area contributed by atoms with Crippen LogP contribution in [-0.4, -0.2) is 30.1 Å². The zero-order valence-electron chi connectivity index (χ0n) is 13.2. The van der Waals surface area contributed by atoms with E-state index < -0.39 is 0 Å². The molecule has 4 heteroatoms. The fourth-order valence-electron chi connectivity index (χ4n) is 3.02. The number of piperazine rings is 1. The van der Waals surface area contributed by atoms with Gasteiger partial charge >= 0.3 is 0 Å². The van der Waals surface area contributed by atoms with Crippen molar-refractivity contribution in [1.29, 1.82) is 0 Å². The molecule has 1 fully saturated rings. The molecule has 2 rings (SSSR count). The van der Waals surface area contributed by atoms with E-state index in [1.54, 1.807) is 0 Å². The topological polar surface area (TPSA) is 15.3 Å². The van der Waals surface area contributed by atoms with Crippen molar-refractivity contribution in [2.24, 2.45) is 5.92 Å². The number of hydrogen-bond acceptors (Lipinski definition) is 2. The molecular weight excluding hydrogens is 303 g/mol. The van der Waals surface area contributed by atoms with Gasteiger partial charge in [-0.15, -0.1) is 0 Å². The molecule has 2 nitrogen and oxygen atoms in total. The fraction of sp³-hybridized carbons (Fsp3) is 0.647. The molecule has 0 aromatic heterocycles. The highest BCUT2D eigenvalue weighted by molar-refractivity contribution is 6.33. The van der Waals surface area contributed by atoms with Crippen LogP contribution in [-0.2, 0) is 6.54 Å². The van der Waals surface area contributed by atoms with Crippen LogP contribution in [0.1, 0.15) is 39.2 Å². The third-order valence-electron chi connectivity index (χ3n) is 4.37. The summed E-state index contributed by atoms with van der Waals surface area (Å²) in [6.07, 6.45) is 2.43. The molecule has 2 unspecified atom stereocenters. The first-order chi connectivity index (χ1) is 10.0. The van der Waals surface area contributed by atoms with Crippen LogP contribution in [0.3, 0.4) is 0 Å². The summed E-state index contributed by atoms with van der Waals surface area (Å²) in [5.41, 5.74) is 1.13. The van der Waals surface area contributed by atoms with Crippen LogP contribution in [0.25, 0.3) is 0 Å². The van der Waals surface area contributed by atoms with Gasteiger partial charge in [-0.1, -0.05) is 50.4 Å². The molecule has 1 N–H and O–H groups in total. The molecular formula is C17H26Cl2N2. The van der Waals surface area contributed by atoms with Gasteiger partial charge in [-0.2, -0.15) is 0 Å². The second-order valence-corrected chi connectivity index (χ2v) is 7.21. The number of nitrogens with one attached hydrogen (secondary N) is 1. The van der Waals surface area contributed by atoms with E-state index in [1.807, 2.05) is 18.2 Å². The number of nitrogens with zero attached hydrogens (tertiary/aromatic N) is 1. The van der Waals surface area contributed by atoms with Crippen molar-refractivity contribution in [3.8, 4) is 0 Å². The maximum Gasteiger partial charge on any atom is 0.0452 e. The summed E-state index contributed by atoms with van der Waals surface area (Å²) >= 11 is 12.5. The van der Waals surface area contributed by atoms with E-state index in [4.69, 9.17) is 23.2 Å². The van der Waals surface area contributed by atoms with Crippen LogP contribution in [0.15, 0.2) is 18.2 Å². The van der Waals surface area contributed by atoms with Crippen molar-refractivity contribution in [1.82, 2.24) is 10.2 Å². The van der Waals surface area contributed by atoms with E-state index in [1.165, 1.54) is 12.8 Å². The summed E-state index contributed by atoms with van der Waals surface area (Å²) in [5, 5.41) is 5.27. The van der Waals surface area contributed by atoms with Gasteiger partial charge in [0, 0.05) is 41.8 Å². The third kappa shape index (κ3) is 4.59. The minimum absolute atomic E-state index is 0.552. The molecule has 1 aliphatic rings. The lowest BCUT2D eigenvalue weighted by atomic mass is 9.97. The standard InChI is InChI=1S/C17H26Cl2N2/c1-4-5-15-9-20-17(12(2)3)11-21(15)10-13-8-14(18)6-7-16(13)19/h6-8,12,15,17,20H,4-5,9-11H2,1-3H3. The van der Waals surface area contributed by atoms with Crippen molar-refractivity contribution in [2.75, 3.05) is 13.1 Å². The molecule has 1 aromatic carbocycles. The molecule has 0 bridgehead atoms. The third-order valence-corrected chi connectivity index (χ3v) is 4.97. The Labute approximate surface area is 138 Å². The Morgan fingerprint density at radius 1 is 1.33 bits per heavy atom. The molecule has 0 saturated carbocycles. The normalized spacial score (nSPS) is 23.7. The highest BCUT2D eigenvalue weighted by atomic mass is 35.5. The van der Waals surface area contributed by atoms with Crippen molar-refractivity contribution in [3.63, 3.8) is 0 Å². The molecule has 0 spiro atoms. The van der Waals surface area contributed by atoms with Crippen molar-refractivity contribution in [2.45, 2.75) is 52.2 Å². The van der Waals surface area contributed by atoms with Crippen LogP contribution in [0.2, 0.25) is 10.0 Å². The molecule has 2 atom stereocenters. The van der Waals surface area contributed by atoms with Gasteiger partial charge in [-0.05, 0) is 36.1 Å². The smallest absolute Gasteiger partial charge is 0.0452 e. The summed E-state index contributed by atoms with van der Waals surface area (Å²) in [4.78, 5) is 2.57. The minimum atomic E-state index is 0.552. The van der Waals surface area contributed by atoms with Crippen molar-refractivity contribution >= 4 is 23.2 Å². The first kappa shape index (κ1) is 17.1. The van der Waals surface area contributed by atoms with E-state index in [-0.39, 0.29) is 0 Å². The van der Waals surface area contributed by atoms with Crippen LogP contribution in [0.4, 0.5) is 0 Å². The molecule has 0 radical (unpaired) electrons. The minimum Gasteiger partial charge on any atom is -0.311 e. The Morgan fingerprint density at radius 3 is 2.76 bits per heavy atom. The predicted octanol–water partition coefficient (Wildman–Crippen LogP) is 4.59. The Hall–Kier alpha value is -0.280. The predicted molar refractivity (Wildman–Crippen MR) is 92.2 cm³/mol. The molecule has 0 amide bonds.